The zero-order valence-corrected chi connectivity index (χ0v) is 9.52. The Morgan fingerprint density at radius 3 is 2.37 bits per heavy atom. The smallest absolute Gasteiger partial charge is 0.340 e. The van der Waals surface area contributed by atoms with Crippen LogP contribution in [0.15, 0.2) is 30.3 Å². The molecule has 7 heteroatoms. The van der Waals surface area contributed by atoms with Gasteiger partial charge in [-0.15, -0.1) is 0 Å². The Morgan fingerprint density at radius 1 is 1.32 bits per heavy atom. The second-order valence-corrected chi connectivity index (χ2v) is 3.59. The van der Waals surface area contributed by atoms with Crippen LogP contribution in [0.1, 0.15) is 5.56 Å². The molecule has 1 aromatic rings. The number of hydrogen-bond acceptors (Lipinski definition) is 2. The molecule has 0 unspecified atom stereocenters. The van der Waals surface area contributed by atoms with Gasteiger partial charge in [0.1, 0.15) is 5.75 Å². The minimum atomic E-state index is -4.21. The number of benzene rings is 1. The molecule has 0 saturated carbocycles. The van der Waals surface area contributed by atoms with Crippen LogP contribution in [0.4, 0.5) is 17.6 Å². The molecule has 0 amide bonds. The number of alkyl halides is 4. The first-order chi connectivity index (χ1) is 8.81. The largest absolute Gasteiger partial charge is 0.487 e. The van der Waals surface area contributed by atoms with Crippen molar-refractivity contribution in [3.63, 3.8) is 0 Å². The van der Waals surface area contributed by atoms with E-state index in [0.29, 0.717) is 5.56 Å². The summed E-state index contributed by atoms with van der Waals surface area (Å²) < 4.78 is 53.4. The Balaban J connectivity index is 2.60. The summed E-state index contributed by atoms with van der Waals surface area (Å²) >= 11 is 0. The van der Waals surface area contributed by atoms with Crippen molar-refractivity contribution in [3.05, 3.63) is 35.9 Å². The SMILES string of the molecule is O=C(O)C=Cc1ccc(OCC(F)(F)C(F)F)cc1. The highest BCUT2D eigenvalue weighted by atomic mass is 19.3. The van der Waals surface area contributed by atoms with E-state index in [-0.39, 0.29) is 5.75 Å². The minimum Gasteiger partial charge on any atom is -0.487 e. The highest BCUT2D eigenvalue weighted by Gasteiger charge is 2.41. The molecular formula is C12H10F4O3. The summed E-state index contributed by atoms with van der Waals surface area (Å²) in [4.78, 5) is 10.3. The lowest BCUT2D eigenvalue weighted by atomic mass is 10.2. The average Bonchev–Trinajstić information content (AvgIpc) is 2.35. The van der Waals surface area contributed by atoms with Crippen LogP contribution in [0.2, 0.25) is 0 Å². The van der Waals surface area contributed by atoms with E-state index in [4.69, 9.17) is 5.11 Å². The van der Waals surface area contributed by atoms with Gasteiger partial charge in [-0.3, -0.25) is 0 Å². The summed E-state index contributed by atoms with van der Waals surface area (Å²) in [6, 6.07) is 5.39. The molecule has 0 aliphatic rings. The van der Waals surface area contributed by atoms with Crippen molar-refractivity contribution >= 4 is 12.0 Å². The lowest BCUT2D eigenvalue weighted by Crippen LogP contribution is -2.33. The second kappa shape index (κ2) is 6.21. The zero-order chi connectivity index (χ0) is 14.5. The number of ether oxygens (including phenoxy) is 1. The third-order valence-corrected chi connectivity index (χ3v) is 2.05. The van der Waals surface area contributed by atoms with Gasteiger partial charge in [-0.05, 0) is 23.8 Å². The Kier molecular flexibility index (Phi) is 4.91. The van der Waals surface area contributed by atoms with E-state index in [1.54, 1.807) is 0 Å². The summed E-state index contributed by atoms with van der Waals surface area (Å²) in [6.07, 6.45) is -1.59. The average molecular weight is 278 g/mol. The van der Waals surface area contributed by atoms with Crippen LogP contribution >= 0.6 is 0 Å². The Bertz CT molecular complexity index is 455. The van der Waals surface area contributed by atoms with Gasteiger partial charge in [0.25, 0.3) is 0 Å². The molecule has 3 nitrogen and oxygen atoms in total. The van der Waals surface area contributed by atoms with Crippen LogP contribution in [0.25, 0.3) is 6.08 Å². The fourth-order valence-corrected chi connectivity index (χ4v) is 1.09. The van der Waals surface area contributed by atoms with Crippen LogP contribution in [0.3, 0.4) is 0 Å². The Morgan fingerprint density at radius 2 is 1.89 bits per heavy atom. The number of carboxylic acid groups (broad SMARTS) is 1. The molecule has 0 spiro atoms. The van der Waals surface area contributed by atoms with Crippen LogP contribution in [0, 0.1) is 0 Å². The van der Waals surface area contributed by atoms with Crippen LogP contribution < -0.4 is 4.74 Å². The molecule has 1 aromatic carbocycles. The zero-order valence-electron chi connectivity index (χ0n) is 9.52. The molecule has 0 bridgehead atoms. The topological polar surface area (TPSA) is 46.5 Å². The van der Waals surface area contributed by atoms with E-state index >= 15 is 0 Å². The number of hydrogen-bond donors (Lipinski definition) is 1. The summed E-state index contributed by atoms with van der Waals surface area (Å²) in [5.74, 6) is -5.34. The molecule has 0 fully saturated rings. The molecule has 19 heavy (non-hydrogen) atoms. The van der Waals surface area contributed by atoms with Crippen LogP contribution in [-0.2, 0) is 4.79 Å². The third kappa shape index (κ3) is 4.99. The van der Waals surface area contributed by atoms with Gasteiger partial charge in [-0.1, -0.05) is 12.1 Å². The first kappa shape index (κ1) is 15.0. The van der Waals surface area contributed by atoms with E-state index in [1.807, 2.05) is 0 Å². The summed E-state index contributed by atoms with van der Waals surface area (Å²) in [6.45, 7) is -1.42. The first-order valence-electron chi connectivity index (χ1n) is 5.11. The predicted molar refractivity (Wildman–Crippen MR) is 59.6 cm³/mol. The van der Waals surface area contributed by atoms with Gasteiger partial charge in [0.2, 0.25) is 0 Å². The Labute approximate surface area is 106 Å². The molecule has 104 valence electrons. The van der Waals surface area contributed by atoms with Crippen molar-refractivity contribution in [2.24, 2.45) is 0 Å². The fourth-order valence-electron chi connectivity index (χ4n) is 1.09. The summed E-state index contributed by atoms with van der Waals surface area (Å²) in [5.41, 5.74) is 0.510. The highest BCUT2D eigenvalue weighted by Crippen LogP contribution is 2.24. The van der Waals surface area contributed by atoms with E-state index in [9.17, 15) is 22.4 Å². The van der Waals surface area contributed by atoms with Crippen molar-refractivity contribution < 1.29 is 32.2 Å². The monoisotopic (exact) mass is 278 g/mol. The van der Waals surface area contributed by atoms with E-state index in [1.165, 1.54) is 30.3 Å². The Hall–Kier alpha value is -2.05. The molecule has 0 aromatic heterocycles. The standard InChI is InChI=1S/C12H10F4O3/c13-11(14)12(15,16)7-19-9-4-1-8(2-5-9)3-6-10(17)18/h1-6,11H,7H2,(H,17,18). The number of carbonyl (C=O) groups is 1. The summed E-state index contributed by atoms with van der Waals surface area (Å²) in [5, 5.41) is 8.39. The highest BCUT2D eigenvalue weighted by molar-refractivity contribution is 5.85. The first-order valence-corrected chi connectivity index (χ1v) is 5.11. The number of halogens is 4. The third-order valence-electron chi connectivity index (χ3n) is 2.05. The van der Waals surface area contributed by atoms with Gasteiger partial charge >= 0.3 is 18.3 Å². The normalized spacial score (nSPS) is 12.1. The number of rotatable bonds is 6. The van der Waals surface area contributed by atoms with E-state index in [2.05, 4.69) is 4.74 Å². The molecular weight excluding hydrogens is 268 g/mol. The number of aliphatic carboxylic acids is 1. The number of carboxylic acids is 1. The van der Waals surface area contributed by atoms with E-state index < -0.39 is 24.9 Å². The van der Waals surface area contributed by atoms with E-state index in [0.717, 1.165) is 6.08 Å². The van der Waals surface area contributed by atoms with Crippen molar-refractivity contribution in [2.45, 2.75) is 12.3 Å². The van der Waals surface area contributed by atoms with Gasteiger partial charge in [0, 0.05) is 6.08 Å². The molecule has 0 heterocycles. The van der Waals surface area contributed by atoms with Crippen molar-refractivity contribution in [1.29, 1.82) is 0 Å². The lowest BCUT2D eigenvalue weighted by molar-refractivity contribution is -0.148. The fraction of sp³-hybridized carbons (Fsp3) is 0.250. The van der Waals surface area contributed by atoms with Gasteiger partial charge < -0.3 is 9.84 Å². The summed E-state index contributed by atoms with van der Waals surface area (Å²) in [7, 11) is 0. The van der Waals surface area contributed by atoms with Crippen LogP contribution in [-0.4, -0.2) is 30.0 Å². The van der Waals surface area contributed by atoms with Gasteiger partial charge in [0.05, 0.1) is 0 Å². The molecule has 1 rings (SSSR count). The quantitative estimate of drug-likeness (QED) is 0.642. The molecule has 0 saturated heterocycles. The molecule has 0 aliphatic carbocycles. The second-order valence-electron chi connectivity index (χ2n) is 3.59. The van der Waals surface area contributed by atoms with Gasteiger partial charge in [-0.25, -0.2) is 13.6 Å². The molecule has 0 radical (unpaired) electrons. The van der Waals surface area contributed by atoms with Crippen molar-refractivity contribution in [2.75, 3.05) is 6.61 Å². The maximum absolute atomic E-state index is 12.6. The maximum atomic E-state index is 12.6. The van der Waals surface area contributed by atoms with Crippen molar-refractivity contribution in [3.8, 4) is 5.75 Å². The van der Waals surface area contributed by atoms with Crippen LogP contribution in [0.5, 0.6) is 5.75 Å². The minimum absolute atomic E-state index is 0.00667. The van der Waals surface area contributed by atoms with Gasteiger partial charge in [0.15, 0.2) is 6.61 Å². The maximum Gasteiger partial charge on any atom is 0.340 e. The molecule has 1 N–H and O–H groups in total. The predicted octanol–water partition coefficient (Wildman–Crippen LogP) is 3.06. The van der Waals surface area contributed by atoms with Crippen molar-refractivity contribution in [1.82, 2.24) is 0 Å². The lowest BCUT2D eigenvalue weighted by Gasteiger charge is -2.15. The molecule has 0 aliphatic heterocycles. The molecule has 0 atom stereocenters. The van der Waals surface area contributed by atoms with Gasteiger partial charge in [-0.2, -0.15) is 8.78 Å².